The third-order valence-electron chi connectivity index (χ3n) is 4.32. The van der Waals surface area contributed by atoms with Crippen molar-refractivity contribution in [3.63, 3.8) is 0 Å². The highest BCUT2D eigenvalue weighted by molar-refractivity contribution is 5.70. The topological polar surface area (TPSA) is 81.1 Å². The van der Waals surface area contributed by atoms with E-state index in [2.05, 4.69) is 11.6 Å². The minimum atomic E-state index is -0.508. The molecule has 1 amide bonds. The molecule has 26 heavy (non-hydrogen) atoms. The summed E-state index contributed by atoms with van der Waals surface area (Å²) in [5.41, 5.74) is 0.560. The van der Waals surface area contributed by atoms with E-state index in [0.29, 0.717) is 49.8 Å². The molecular weight excluding hydrogens is 336 g/mol. The summed E-state index contributed by atoms with van der Waals surface area (Å²) < 4.78 is 16.9. The summed E-state index contributed by atoms with van der Waals surface area (Å²) in [5.74, 6) is 0.883. The number of aliphatic hydroxyl groups is 1. The summed E-state index contributed by atoms with van der Waals surface area (Å²) in [6, 6.07) is 0. The van der Waals surface area contributed by atoms with Gasteiger partial charge in [0.15, 0.2) is 11.5 Å². The van der Waals surface area contributed by atoms with Crippen LogP contribution in [0.1, 0.15) is 39.0 Å². The first-order valence-corrected chi connectivity index (χ1v) is 8.72. The quantitative estimate of drug-likeness (QED) is 0.829. The molecule has 1 fully saturated rings. The second kappa shape index (κ2) is 6.37. The van der Waals surface area contributed by atoms with Crippen molar-refractivity contribution in [2.75, 3.05) is 26.3 Å². The van der Waals surface area contributed by atoms with Crippen molar-refractivity contribution >= 4 is 11.9 Å². The first-order valence-electron chi connectivity index (χ1n) is 8.72. The fourth-order valence-electron chi connectivity index (χ4n) is 3.16. The number of hydrogen-bond donors (Lipinski definition) is 1. The molecular formula is C19H26N2O5. The molecule has 2 aliphatic rings. The summed E-state index contributed by atoms with van der Waals surface area (Å²) in [4.78, 5) is 18.1. The molecule has 0 bridgehead atoms. The van der Waals surface area contributed by atoms with E-state index in [4.69, 9.17) is 14.2 Å². The van der Waals surface area contributed by atoms with Crippen LogP contribution in [0.5, 0.6) is 11.5 Å². The maximum Gasteiger partial charge on any atom is 0.410 e. The average Bonchev–Trinajstić information content (AvgIpc) is 2.95. The normalized spacial score (nSPS) is 17.8. The largest absolute Gasteiger partial charge is 0.508 e. The van der Waals surface area contributed by atoms with E-state index in [9.17, 15) is 9.90 Å². The molecule has 1 N–H and O–H groups in total. The fourth-order valence-corrected chi connectivity index (χ4v) is 3.16. The highest BCUT2D eigenvalue weighted by Gasteiger charge is 2.44. The zero-order chi connectivity index (χ0) is 19.1. The first-order chi connectivity index (χ1) is 12.1. The summed E-state index contributed by atoms with van der Waals surface area (Å²) in [6.45, 7) is 13.2. The van der Waals surface area contributed by atoms with Gasteiger partial charge >= 0.3 is 6.09 Å². The van der Waals surface area contributed by atoms with Gasteiger partial charge in [-0.1, -0.05) is 13.5 Å². The van der Waals surface area contributed by atoms with E-state index < -0.39 is 5.60 Å². The lowest BCUT2D eigenvalue weighted by Gasteiger charge is -2.47. The Bertz CT molecular complexity index is 732. The highest BCUT2D eigenvalue weighted by atomic mass is 16.6. The van der Waals surface area contributed by atoms with Crippen molar-refractivity contribution in [3.05, 3.63) is 24.0 Å². The lowest BCUT2D eigenvalue weighted by atomic mass is 9.83. The van der Waals surface area contributed by atoms with Crippen LogP contribution in [0.2, 0.25) is 0 Å². The number of likely N-dealkylation sites (tertiary alicyclic amines) is 1. The Morgan fingerprint density at radius 2 is 2.15 bits per heavy atom. The van der Waals surface area contributed by atoms with E-state index >= 15 is 0 Å². The molecule has 0 radical (unpaired) electrons. The van der Waals surface area contributed by atoms with Gasteiger partial charge in [0.25, 0.3) is 0 Å². The number of amides is 1. The van der Waals surface area contributed by atoms with Gasteiger partial charge < -0.3 is 24.2 Å². The van der Waals surface area contributed by atoms with Crippen LogP contribution in [-0.4, -0.2) is 53.0 Å². The highest BCUT2D eigenvalue weighted by Crippen LogP contribution is 2.39. The molecule has 7 nitrogen and oxygen atoms in total. The SMILES string of the molecule is C=C(O)c1c(OCC2(C)CN(C(=O)OC(C)(C)C)C2)cnc2c1OCC2. The van der Waals surface area contributed by atoms with E-state index in [1.54, 1.807) is 11.1 Å². The van der Waals surface area contributed by atoms with Gasteiger partial charge in [0.1, 0.15) is 16.9 Å². The molecule has 0 saturated carbocycles. The number of nitrogens with zero attached hydrogens (tertiary/aromatic N) is 2. The van der Waals surface area contributed by atoms with Gasteiger partial charge in [-0.05, 0) is 20.8 Å². The molecule has 7 heteroatoms. The number of aliphatic hydroxyl groups excluding tert-OH is 1. The standard InChI is InChI=1S/C19H26N2O5/c1-12(22)15-14(8-20-13-6-7-24-16(13)15)25-11-19(5)9-21(10-19)17(23)26-18(2,3)4/h8,22H,1,6-7,9-11H2,2-5H3. The van der Waals surface area contributed by atoms with Crippen LogP contribution >= 0.6 is 0 Å². The number of ether oxygens (including phenoxy) is 3. The minimum Gasteiger partial charge on any atom is -0.508 e. The second-order valence-electron chi connectivity index (χ2n) is 8.25. The zero-order valence-corrected chi connectivity index (χ0v) is 15.8. The number of aromatic nitrogens is 1. The second-order valence-corrected chi connectivity index (χ2v) is 8.25. The van der Waals surface area contributed by atoms with E-state index in [-0.39, 0.29) is 17.3 Å². The number of carbonyl (C=O) groups excluding carboxylic acids is 1. The molecule has 0 unspecified atom stereocenters. The van der Waals surface area contributed by atoms with Crippen molar-refractivity contribution in [2.45, 2.75) is 39.7 Å². The smallest absolute Gasteiger partial charge is 0.410 e. The molecule has 2 aliphatic heterocycles. The van der Waals surface area contributed by atoms with Gasteiger partial charge in [0, 0.05) is 24.9 Å². The number of fused-ring (bicyclic) bond motifs is 1. The minimum absolute atomic E-state index is 0.102. The van der Waals surface area contributed by atoms with E-state index in [1.807, 2.05) is 27.7 Å². The third-order valence-corrected chi connectivity index (χ3v) is 4.32. The molecule has 0 aromatic carbocycles. The number of hydrogen-bond acceptors (Lipinski definition) is 6. The van der Waals surface area contributed by atoms with Crippen LogP contribution in [0, 0.1) is 5.41 Å². The monoisotopic (exact) mass is 362 g/mol. The summed E-state index contributed by atoms with van der Waals surface area (Å²) in [7, 11) is 0. The lowest BCUT2D eigenvalue weighted by Crippen LogP contribution is -2.60. The van der Waals surface area contributed by atoms with Gasteiger partial charge in [-0.3, -0.25) is 4.98 Å². The van der Waals surface area contributed by atoms with Crippen molar-refractivity contribution in [1.82, 2.24) is 9.88 Å². The Hall–Kier alpha value is -2.44. The number of pyridine rings is 1. The Balaban J connectivity index is 1.62. The van der Waals surface area contributed by atoms with Crippen LogP contribution in [0.3, 0.4) is 0 Å². The van der Waals surface area contributed by atoms with Crippen molar-refractivity contribution in [3.8, 4) is 11.5 Å². The van der Waals surface area contributed by atoms with Crippen molar-refractivity contribution in [1.29, 1.82) is 0 Å². The lowest BCUT2D eigenvalue weighted by molar-refractivity contribution is -0.0429. The van der Waals surface area contributed by atoms with Crippen LogP contribution < -0.4 is 9.47 Å². The molecule has 1 aromatic rings. The van der Waals surface area contributed by atoms with Crippen LogP contribution in [-0.2, 0) is 11.2 Å². The van der Waals surface area contributed by atoms with Crippen LogP contribution in [0.25, 0.3) is 5.76 Å². The summed E-state index contributed by atoms with van der Waals surface area (Å²) in [6.07, 6.45) is 1.99. The molecule has 3 heterocycles. The van der Waals surface area contributed by atoms with Crippen molar-refractivity contribution in [2.24, 2.45) is 5.41 Å². The third kappa shape index (κ3) is 3.71. The Labute approximate surface area is 153 Å². The number of rotatable bonds is 4. The van der Waals surface area contributed by atoms with Gasteiger partial charge in [0.2, 0.25) is 0 Å². The fraction of sp³-hybridized carbons (Fsp3) is 0.579. The molecule has 3 rings (SSSR count). The summed E-state index contributed by atoms with van der Waals surface area (Å²) >= 11 is 0. The number of carbonyl (C=O) groups is 1. The predicted octanol–water partition coefficient (Wildman–Crippen LogP) is 3.18. The molecule has 142 valence electrons. The zero-order valence-electron chi connectivity index (χ0n) is 15.8. The van der Waals surface area contributed by atoms with Gasteiger partial charge in [-0.15, -0.1) is 0 Å². The van der Waals surface area contributed by atoms with Gasteiger partial charge in [-0.2, -0.15) is 0 Å². The first kappa shape index (κ1) is 18.4. The van der Waals surface area contributed by atoms with Crippen molar-refractivity contribution < 1.29 is 24.1 Å². The predicted molar refractivity (Wildman–Crippen MR) is 96.5 cm³/mol. The Morgan fingerprint density at radius 3 is 2.77 bits per heavy atom. The average molecular weight is 362 g/mol. The van der Waals surface area contributed by atoms with Gasteiger partial charge in [0.05, 0.1) is 25.1 Å². The van der Waals surface area contributed by atoms with Crippen LogP contribution in [0.4, 0.5) is 4.79 Å². The maximum atomic E-state index is 12.1. The van der Waals surface area contributed by atoms with E-state index in [0.717, 1.165) is 5.69 Å². The molecule has 0 spiro atoms. The van der Waals surface area contributed by atoms with Gasteiger partial charge in [-0.25, -0.2) is 4.79 Å². The molecule has 1 saturated heterocycles. The Morgan fingerprint density at radius 1 is 1.46 bits per heavy atom. The van der Waals surface area contributed by atoms with E-state index in [1.165, 1.54) is 0 Å². The molecule has 0 atom stereocenters. The van der Waals surface area contributed by atoms with Crippen LogP contribution in [0.15, 0.2) is 12.8 Å². The Kier molecular flexibility index (Phi) is 4.50. The summed E-state index contributed by atoms with van der Waals surface area (Å²) in [5, 5.41) is 9.94. The maximum absolute atomic E-state index is 12.1. The molecule has 1 aromatic heterocycles. The molecule has 0 aliphatic carbocycles.